The van der Waals surface area contributed by atoms with Crippen LogP contribution in [0.3, 0.4) is 0 Å². The van der Waals surface area contributed by atoms with Crippen LogP contribution in [0.15, 0.2) is 47.4 Å². The third-order valence-electron chi connectivity index (χ3n) is 4.32. The van der Waals surface area contributed by atoms with E-state index in [9.17, 15) is 13.2 Å². The lowest BCUT2D eigenvalue weighted by Crippen LogP contribution is -2.35. The first-order valence-corrected chi connectivity index (χ1v) is 11.4. The van der Waals surface area contributed by atoms with Crippen molar-refractivity contribution in [2.24, 2.45) is 0 Å². The molecule has 0 heterocycles. The minimum atomic E-state index is -3.96. The smallest absolute Gasteiger partial charge is 0.247 e. The van der Waals surface area contributed by atoms with E-state index in [1.54, 1.807) is 13.0 Å². The maximum atomic E-state index is 12.9. The SMILES string of the molecule is CCCCc1ccc(NC(=O)CN(C)S(=O)(=O)c2cc(Cl)ccc2OCC)cc1. The number of anilines is 1. The third kappa shape index (κ3) is 6.45. The second-order valence-corrected chi connectivity index (χ2v) is 9.08. The molecule has 0 saturated carbocycles. The van der Waals surface area contributed by atoms with E-state index in [1.165, 1.54) is 24.7 Å². The Morgan fingerprint density at radius 1 is 1.14 bits per heavy atom. The summed E-state index contributed by atoms with van der Waals surface area (Å²) in [5.41, 5.74) is 1.83. The number of hydrogen-bond acceptors (Lipinski definition) is 4. The standard InChI is InChI=1S/C21H27ClN2O4S/c1-4-6-7-16-8-11-18(12-9-16)23-21(25)15-24(3)29(26,27)20-14-17(22)10-13-19(20)28-5-2/h8-14H,4-7,15H2,1-3H3,(H,23,25). The zero-order chi connectivity index (χ0) is 21.4. The number of carbonyl (C=O) groups is 1. The maximum Gasteiger partial charge on any atom is 0.247 e. The summed E-state index contributed by atoms with van der Waals surface area (Å²) in [5.74, 6) is -0.232. The van der Waals surface area contributed by atoms with Crippen molar-refractivity contribution in [1.29, 1.82) is 0 Å². The minimum Gasteiger partial charge on any atom is -0.492 e. The quantitative estimate of drug-likeness (QED) is 0.598. The van der Waals surface area contributed by atoms with Crippen molar-refractivity contribution in [1.82, 2.24) is 4.31 Å². The molecule has 6 nitrogen and oxygen atoms in total. The summed E-state index contributed by atoms with van der Waals surface area (Å²) in [6, 6.07) is 12.0. The minimum absolute atomic E-state index is 0.0672. The number of sulfonamides is 1. The van der Waals surface area contributed by atoms with Gasteiger partial charge in [0, 0.05) is 17.8 Å². The van der Waals surface area contributed by atoms with Gasteiger partial charge in [0.25, 0.3) is 0 Å². The van der Waals surface area contributed by atoms with Gasteiger partial charge in [0.1, 0.15) is 10.6 Å². The number of nitrogens with zero attached hydrogens (tertiary/aromatic N) is 1. The number of halogens is 1. The Balaban J connectivity index is 2.07. The molecule has 8 heteroatoms. The summed E-state index contributed by atoms with van der Waals surface area (Å²) in [6.07, 6.45) is 3.23. The Labute approximate surface area is 177 Å². The molecule has 0 saturated heterocycles. The molecule has 0 fully saturated rings. The molecule has 0 aromatic heterocycles. The highest BCUT2D eigenvalue weighted by molar-refractivity contribution is 7.89. The van der Waals surface area contributed by atoms with Gasteiger partial charge >= 0.3 is 0 Å². The number of amides is 1. The lowest BCUT2D eigenvalue weighted by atomic mass is 10.1. The molecule has 29 heavy (non-hydrogen) atoms. The molecule has 158 valence electrons. The molecule has 1 N–H and O–H groups in total. The Morgan fingerprint density at radius 2 is 1.83 bits per heavy atom. The molecule has 0 unspecified atom stereocenters. The highest BCUT2D eigenvalue weighted by atomic mass is 35.5. The van der Waals surface area contributed by atoms with Gasteiger partial charge in [-0.3, -0.25) is 4.79 Å². The van der Waals surface area contributed by atoms with Gasteiger partial charge in [-0.05, 0) is 55.7 Å². The summed E-state index contributed by atoms with van der Waals surface area (Å²) in [7, 11) is -2.61. The Kier molecular flexibility index (Phi) is 8.49. The average Bonchev–Trinajstić information content (AvgIpc) is 2.68. The van der Waals surface area contributed by atoms with Crippen molar-refractivity contribution in [3.63, 3.8) is 0 Å². The molecule has 0 atom stereocenters. The monoisotopic (exact) mass is 438 g/mol. The third-order valence-corrected chi connectivity index (χ3v) is 6.38. The lowest BCUT2D eigenvalue weighted by Gasteiger charge is -2.19. The molecule has 0 aliphatic rings. The molecule has 0 aliphatic carbocycles. The van der Waals surface area contributed by atoms with Crippen molar-refractivity contribution < 1.29 is 17.9 Å². The van der Waals surface area contributed by atoms with Crippen molar-refractivity contribution in [2.75, 3.05) is 25.5 Å². The van der Waals surface area contributed by atoms with Crippen LogP contribution in [0.1, 0.15) is 32.3 Å². The highest BCUT2D eigenvalue weighted by Gasteiger charge is 2.27. The number of carbonyl (C=O) groups excluding carboxylic acids is 1. The maximum absolute atomic E-state index is 12.9. The van der Waals surface area contributed by atoms with E-state index in [0.717, 1.165) is 23.6 Å². The number of ether oxygens (including phenoxy) is 1. The zero-order valence-corrected chi connectivity index (χ0v) is 18.5. The van der Waals surface area contributed by atoms with Crippen molar-refractivity contribution >= 4 is 33.2 Å². The van der Waals surface area contributed by atoms with Crippen LogP contribution in [0, 0.1) is 0 Å². The van der Waals surface area contributed by atoms with E-state index in [1.807, 2.05) is 24.3 Å². The Bertz CT molecular complexity index is 930. The van der Waals surface area contributed by atoms with Gasteiger partial charge < -0.3 is 10.1 Å². The lowest BCUT2D eigenvalue weighted by molar-refractivity contribution is -0.116. The van der Waals surface area contributed by atoms with Gasteiger partial charge in [0.2, 0.25) is 15.9 Å². The van der Waals surface area contributed by atoms with Crippen LogP contribution in [0.2, 0.25) is 5.02 Å². The van der Waals surface area contributed by atoms with E-state index < -0.39 is 15.9 Å². The van der Waals surface area contributed by atoms with E-state index >= 15 is 0 Å². The van der Waals surface area contributed by atoms with Gasteiger partial charge in [-0.15, -0.1) is 0 Å². The fourth-order valence-corrected chi connectivity index (χ4v) is 4.27. The van der Waals surface area contributed by atoms with Crippen molar-refractivity contribution in [3.8, 4) is 5.75 Å². The van der Waals surface area contributed by atoms with Crippen LogP contribution in [0.25, 0.3) is 0 Å². The number of hydrogen-bond donors (Lipinski definition) is 1. The first-order valence-electron chi connectivity index (χ1n) is 9.55. The summed E-state index contributed by atoms with van der Waals surface area (Å²) in [5, 5.41) is 3.00. The molecular formula is C21H27ClN2O4S. The van der Waals surface area contributed by atoms with Gasteiger partial charge in [0.15, 0.2) is 0 Å². The number of benzene rings is 2. The van der Waals surface area contributed by atoms with Crippen LogP contribution in [0.5, 0.6) is 5.75 Å². The number of likely N-dealkylation sites (N-methyl/N-ethyl adjacent to an activating group) is 1. The summed E-state index contributed by atoms with van der Waals surface area (Å²) in [6.45, 7) is 3.87. The van der Waals surface area contributed by atoms with Gasteiger partial charge in [-0.2, -0.15) is 4.31 Å². The summed E-state index contributed by atoms with van der Waals surface area (Å²) >= 11 is 5.97. The topological polar surface area (TPSA) is 75.7 Å². The number of rotatable bonds is 10. The molecule has 0 radical (unpaired) electrons. The van der Waals surface area contributed by atoms with Crippen LogP contribution in [0.4, 0.5) is 5.69 Å². The van der Waals surface area contributed by atoms with Gasteiger partial charge in [-0.25, -0.2) is 8.42 Å². The van der Waals surface area contributed by atoms with E-state index in [-0.39, 0.29) is 22.2 Å². The molecule has 0 bridgehead atoms. The molecule has 0 spiro atoms. The molecule has 2 aromatic carbocycles. The molecule has 0 aliphatic heterocycles. The van der Waals surface area contributed by atoms with E-state index in [0.29, 0.717) is 12.3 Å². The predicted octanol–water partition coefficient (Wildman–Crippen LogP) is 4.34. The first-order chi connectivity index (χ1) is 13.8. The zero-order valence-electron chi connectivity index (χ0n) is 16.9. The second-order valence-electron chi connectivity index (χ2n) is 6.63. The molecule has 2 aromatic rings. The first kappa shape index (κ1) is 23.2. The van der Waals surface area contributed by atoms with Crippen LogP contribution in [-0.4, -0.2) is 38.8 Å². The van der Waals surface area contributed by atoms with Crippen LogP contribution < -0.4 is 10.1 Å². The number of unbranched alkanes of at least 4 members (excludes halogenated alkanes) is 1. The van der Waals surface area contributed by atoms with E-state index in [2.05, 4.69) is 12.2 Å². The van der Waals surface area contributed by atoms with Crippen LogP contribution >= 0.6 is 11.6 Å². The molecule has 2 rings (SSSR count). The summed E-state index contributed by atoms with van der Waals surface area (Å²) < 4.78 is 32.2. The molecular weight excluding hydrogens is 412 g/mol. The fourth-order valence-electron chi connectivity index (χ4n) is 2.75. The van der Waals surface area contributed by atoms with Gasteiger partial charge in [-0.1, -0.05) is 37.1 Å². The molecule has 1 amide bonds. The predicted molar refractivity (Wildman–Crippen MR) is 116 cm³/mol. The van der Waals surface area contributed by atoms with Crippen molar-refractivity contribution in [3.05, 3.63) is 53.1 Å². The van der Waals surface area contributed by atoms with Crippen LogP contribution in [-0.2, 0) is 21.2 Å². The van der Waals surface area contributed by atoms with E-state index in [4.69, 9.17) is 16.3 Å². The normalized spacial score (nSPS) is 11.5. The fraction of sp³-hybridized carbons (Fsp3) is 0.381. The highest BCUT2D eigenvalue weighted by Crippen LogP contribution is 2.29. The Morgan fingerprint density at radius 3 is 2.45 bits per heavy atom. The summed E-state index contributed by atoms with van der Waals surface area (Å²) in [4.78, 5) is 12.3. The Hall–Kier alpha value is -2.09. The van der Waals surface area contributed by atoms with Crippen molar-refractivity contribution in [2.45, 2.75) is 38.0 Å². The largest absolute Gasteiger partial charge is 0.492 e. The number of aryl methyl sites for hydroxylation is 1. The average molecular weight is 439 g/mol. The van der Waals surface area contributed by atoms with Gasteiger partial charge in [0.05, 0.1) is 13.2 Å². The number of nitrogens with one attached hydrogen (secondary N) is 1. The second kappa shape index (κ2) is 10.6.